The predicted molar refractivity (Wildman–Crippen MR) is 81.2 cm³/mol. The van der Waals surface area contributed by atoms with Gasteiger partial charge in [-0.25, -0.2) is 9.78 Å². The molecule has 1 aromatic rings. The van der Waals surface area contributed by atoms with Crippen molar-refractivity contribution < 1.29 is 9.53 Å². The lowest BCUT2D eigenvalue weighted by molar-refractivity contribution is 0.0906. The number of imidazole rings is 1. The second-order valence-corrected chi connectivity index (χ2v) is 6.90. The van der Waals surface area contributed by atoms with E-state index in [-0.39, 0.29) is 18.2 Å². The van der Waals surface area contributed by atoms with Gasteiger partial charge in [0, 0.05) is 32.1 Å². The molecular weight excluding hydrogens is 280 g/mol. The lowest BCUT2D eigenvalue weighted by Crippen LogP contribution is -2.48. The minimum absolute atomic E-state index is 0.000145. The fraction of sp³-hybridized carbons (Fsp3) is 0.750. The van der Waals surface area contributed by atoms with Crippen LogP contribution in [-0.2, 0) is 11.8 Å². The molecule has 22 heavy (non-hydrogen) atoms. The van der Waals surface area contributed by atoms with Gasteiger partial charge in [0.15, 0.2) is 0 Å². The molecule has 0 unspecified atom stereocenters. The second kappa shape index (κ2) is 5.57. The van der Waals surface area contributed by atoms with Crippen LogP contribution in [0, 0.1) is 11.8 Å². The SMILES string of the molecule is Cn1ccnc1[C@H]1OCC[C@@H]1NC(=O)NC(C1CC1)C1CC1. The molecule has 4 rings (SSSR count). The van der Waals surface area contributed by atoms with Crippen LogP contribution in [0.2, 0.25) is 0 Å². The maximum absolute atomic E-state index is 12.4. The molecule has 2 amide bonds. The predicted octanol–water partition coefficient (Wildman–Crippen LogP) is 1.74. The van der Waals surface area contributed by atoms with E-state index in [4.69, 9.17) is 4.74 Å². The molecule has 3 aliphatic rings. The summed E-state index contributed by atoms with van der Waals surface area (Å²) in [6.45, 7) is 0.664. The first kappa shape index (κ1) is 14.1. The quantitative estimate of drug-likeness (QED) is 0.870. The van der Waals surface area contributed by atoms with Gasteiger partial charge >= 0.3 is 6.03 Å². The van der Waals surface area contributed by atoms with Crippen molar-refractivity contribution in [1.82, 2.24) is 20.2 Å². The highest BCUT2D eigenvalue weighted by Gasteiger charge is 2.43. The van der Waals surface area contributed by atoms with Crippen LogP contribution in [0.3, 0.4) is 0 Å². The van der Waals surface area contributed by atoms with E-state index in [1.165, 1.54) is 25.7 Å². The van der Waals surface area contributed by atoms with Crippen molar-refractivity contribution in [3.63, 3.8) is 0 Å². The third-order valence-corrected chi connectivity index (χ3v) is 5.08. The molecule has 6 heteroatoms. The Morgan fingerprint density at radius 3 is 2.64 bits per heavy atom. The monoisotopic (exact) mass is 304 g/mol. The minimum atomic E-state index is -0.147. The van der Waals surface area contributed by atoms with Gasteiger partial charge in [0.1, 0.15) is 11.9 Å². The summed E-state index contributed by atoms with van der Waals surface area (Å²) < 4.78 is 7.75. The molecule has 6 nitrogen and oxygen atoms in total. The average molecular weight is 304 g/mol. The lowest BCUT2D eigenvalue weighted by Gasteiger charge is -2.23. The van der Waals surface area contributed by atoms with E-state index in [1.807, 2.05) is 17.8 Å². The second-order valence-electron chi connectivity index (χ2n) is 6.90. The van der Waals surface area contributed by atoms with E-state index in [2.05, 4.69) is 15.6 Å². The van der Waals surface area contributed by atoms with E-state index < -0.39 is 0 Å². The molecule has 120 valence electrons. The maximum atomic E-state index is 12.4. The summed E-state index contributed by atoms with van der Waals surface area (Å²) in [5, 5.41) is 6.33. The zero-order chi connectivity index (χ0) is 15.1. The molecule has 2 N–H and O–H groups in total. The molecule has 2 atom stereocenters. The molecule has 1 aliphatic heterocycles. The number of carbonyl (C=O) groups is 1. The van der Waals surface area contributed by atoms with Crippen molar-refractivity contribution in [2.24, 2.45) is 18.9 Å². The van der Waals surface area contributed by atoms with Gasteiger partial charge in [-0.15, -0.1) is 0 Å². The summed E-state index contributed by atoms with van der Waals surface area (Å²) in [7, 11) is 1.96. The molecule has 1 saturated heterocycles. The Morgan fingerprint density at radius 2 is 2.05 bits per heavy atom. The van der Waals surface area contributed by atoms with Crippen LogP contribution in [0.1, 0.15) is 44.0 Å². The Kier molecular flexibility index (Phi) is 3.56. The van der Waals surface area contributed by atoms with Gasteiger partial charge in [-0.1, -0.05) is 0 Å². The number of urea groups is 1. The molecule has 3 fully saturated rings. The summed E-state index contributed by atoms with van der Waals surface area (Å²) in [6, 6.07) is 0.340. The highest BCUT2D eigenvalue weighted by molar-refractivity contribution is 5.75. The van der Waals surface area contributed by atoms with Crippen molar-refractivity contribution >= 4 is 6.03 Å². The largest absolute Gasteiger partial charge is 0.368 e. The summed E-state index contributed by atoms with van der Waals surface area (Å²) in [6.07, 6.45) is 9.43. The number of aryl methyl sites for hydroxylation is 1. The number of hydrogen-bond donors (Lipinski definition) is 2. The first-order valence-corrected chi connectivity index (χ1v) is 8.38. The minimum Gasteiger partial charge on any atom is -0.368 e. The van der Waals surface area contributed by atoms with Crippen LogP contribution in [0.5, 0.6) is 0 Å². The van der Waals surface area contributed by atoms with Gasteiger partial charge in [-0.3, -0.25) is 0 Å². The summed E-state index contributed by atoms with van der Waals surface area (Å²) in [4.78, 5) is 16.7. The van der Waals surface area contributed by atoms with Crippen LogP contribution >= 0.6 is 0 Å². The summed E-state index contributed by atoms with van der Waals surface area (Å²) in [5.74, 6) is 2.30. The fourth-order valence-corrected chi connectivity index (χ4v) is 3.54. The average Bonchev–Trinajstić information content (AvgIpc) is 3.41. The number of carbonyl (C=O) groups excluding carboxylic acids is 1. The van der Waals surface area contributed by atoms with E-state index in [9.17, 15) is 4.79 Å². The van der Waals surface area contributed by atoms with E-state index >= 15 is 0 Å². The number of ether oxygens (including phenoxy) is 1. The van der Waals surface area contributed by atoms with Crippen LogP contribution in [0.4, 0.5) is 4.79 Å². The summed E-state index contributed by atoms with van der Waals surface area (Å²) >= 11 is 0. The van der Waals surface area contributed by atoms with Crippen molar-refractivity contribution in [1.29, 1.82) is 0 Å². The van der Waals surface area contributed by atoms with Crippen LogP contribution in [0.25, 0.3) is 0 Å². The Hall–Kier alpha value is -1.56. The third kappa shape index (κ3) is 2.84. The van der Waals surface area contributed by atoms with Crippen molar-refractivity contribution in [3.05, 3.63) is 18.2 Å². The standard InChI is InChI=1S/C16H24N4O2/c1-20-8-7-17-15(20)14-12(6-9-22-14)18-16(21)19-13(10-2-3-10)11-4-5-11/h7-8,10-14H,2-6,9H2,1H3,(H2,18,19,21)/t12-,14-/m0/s1. The van der Waals surface area contributed by atoms with Crippen LogP contribution < -0.4 is 10.6 Å². The molecule has 0 spiro atoms. The normalized spacial score (nSPS) is 28.1. The topological polar surface area (TPSA) is 68.2 Å². The fourth-order valence-electron chi connectivity index (χ4n) is 3.54. The number of aromatic nitrogens is 2. The van der Waals surface area contributed by atoms with Crippen molar-refractivity contribution in [3.8, 4) is 0 Å². The lowest BCUT2D eigenvalue weighted by atomic mass is 10.1. The molecular formula is C16H24N4O2. The summed E-state index contributed by atoms with van der Waals surface area (Å²) in [5.41, 5.74) is 0. The molecule has 2 heterocycles. The molecule has 2 aliphatic carbocycles. The van der Waals surface area contributed by atoms with E-state index in [1.54, 1.807) is 6.20 Å². The van der Waals surface area contributed by atoms with Gasteiger partial charge < -0.3 is 19.9 Å². The van der Waals surface area contributed by atoms with Crippen LogP contribution in [0.15, 0.2) is 12.4 Å². The van der Waals surface area contributed by atoms with E-state index in [0.29, 0.717) is 24.5 Å². The van der Waals surface area contributed by atoms with Crippen molar-refractivity contribution in [2.45, 2.75) is 50.3 Å². The Balaban J connectivity index is 1.37. The molecule has 1 aromatic heterocycles. The third-order valence-electron chi connectivity index (χ3n) is 5.08. The van der Waals surface area contributed by atoms with Gasteiger partial charge in [0.25, 0.3) is 0 Å². The maximum Gasteiger partial charge on any atom is 0.315 e. The number of rotatable bonds is 5. The van der Waals surface area contributed by atoms with Gasteiger partial charge in [-0.05, 0) is 43.9 Å². The molecule has 0 aromatic carbocycles. The molecule has 0 bridgehead atoms. The van der Waals surface area contributed by atoms with Gasteiger partial charge in [0.05, 0.1) is 6.04 Å². The number of nitrogens with one attached hydrogen (secondary N) is 2. The zero-order valence-corrected chi connectivity index (χ0v) is 13.0. The number of hydrogen-bond acceptors (Lipinski definition) is 3. The highest BCUT2D eigenvalue weighted by atomic mass is 16.5. The van der Waals surface area contributed by atoms with Gasteiger partial charge in [-0.2, -0.15) is 0 Å². The van der Waals surface area contributed by atoms with Crippen molar-refractivity contribution in [2.75, 3.05) is 6.61 Å². The first-order valence-electron chi connectivity index (χ1n) is 8.38. The number of amides is 2. The number of nitrogens with zero attached hydrogens (tertiary/aromatic N) is 2. The molecule has 0 radical (unpaired) electrons. The van der Waals surface area contributed by atoms with Gasteiger partial charge in [0.2, 0.25) is 0 Å². The highest BCUT2D eigenvalue weighted by Crippen LogP contribution is 2.44. The Morgan fingerprint density at radius 1 is 1.32 bits per heavy atom. The smallest absolute Gasteiger partial charge is 0.315 e. The Labute approximate surface area is 130 Å². The first-order chi connectivity index (χ1) is 10.7. The Bertz CT molecular complexity index is 538. The zero-order valence-electron chi connectivity index (χ0n) is 13.0. The van der Waals surface area contributed by atoms with E-state index in [0.717, 1.165) is 12.2 Å². The van der Waals surface area contributed by atoms with Crippen LogP contribution in [-0.4, -0.2) is 34.3 Å². The molecule has 2 saturated carbocycles.